The molecule has 1 nitrogen and oxygen atoms in total. The molecular weight excluding hydrogens is 299 g/mol. The number of rotatable bonds is 4. The molecular formula is C16H15ClF3N. The van der Waals surface area contributed by atoms with E-state index in [9.17, 15) is 13.2 Å². The number of halogens is 4. The zero-order chi connectivity index (χ0) is 15.5. The maximum Gasteiger partial charge on any atom is 0.416 e. The van der Waals surface area contributed by atoms with Gasteiger partial charge < -0.3 is 5.32 Å². The van der Waals surface area contributed by atoms with Crippen molar-refractivity contribution in [3.63, 3.8) is 0 Å². The lowest BCUT2D eigenvalue weighted by atomic mass is 10.1. The van der Waals surface area contributed by atoms with Crippen molar-refractivity contribution in [3.05, 3.63) is 70.2 Å². The summed E-state index contributed by atoms with van der Waals surface area (Å²) in [4.78, 5) is 0. The minimum absolute atomic E-state index is 0.0662. The van der Waals surface area contributed by atoms with E-state index in [0.717, 1.165) is 11.6 Å². The molecule has 0 aliphatic rings. The Labute approximate surface area is 126 Å². The zero-order valence-electron chi connectivity index (χ0n) is 11.4. The fraction of sp³-hybridized carbons (Fsp3) is 0.250. The average molecular weight is 314 g/mol. The van der Waals surface area contributed by atoms with Crippen molar-refractivity contribution in [1.29, 1.82) is 0 Å². The van der Waals surface area contributed by atoms with Crippen LogP contribution in [0.3, 0.4) is 0 Å². The topological polar surface area (TPSA) is 12.0 Å². The smallest absolute Gasteiger partial charge is 0.306 e. The summed E-state index contributed by atoms with van der Waals surface area (Å²) in [7, 11) is 0. The summed E-state index contributed by atoms with van der Waals surface area (Å²) in [5.74, 6) is 0. The van der Waals surface area contributed by atoms with E-state index < -0.39 is 11.7 Å². The van der Waals surface area contributed by atoms with E-state index in [-0.39, 0.29) is 18.2 Å². The molecule has 0 aliphatic heterocycles. The third-order valence-corrected chi connectivity index (χ3v) is 3.54. The summed E-state index contributed by atoms with van der Waals surface area (Å²) in [5, 5.41) is 3.74. The lowest BCUT2D eigenvalue weighted by Crippen LogP contribution is -2.20. The highest BCUT2D eigenvalue weighted by Crippen LogP contribution is 2.32. The number of benzene rings is 2. The Morgan fingerprint density at radius 1 is 1.05 bits per heavy atom. The summed E-state index contributed by atoms with van der Waals surface area (Å²) in [6, 6.07) is 12.8. The quantitative estimate of drug-likeness (QED) is 0.817. The van der Waals surface area contributed by atoms with Gasteiger partial charge in [-0.1, -0.05) is 41.9 Å². The monoisotopic (exact) mass is 313 g/mol. The van der Waals surface area contributed by atoms with E-state index in [1.807, 2.05) is 19.1 Å². The van der Waals surface area contributed by atoms with Crippen molar-refractivity contribution in [2.24, 2.45) is 0 Å². The van der Waals surface area contributed by atoms with Gasteiger partial charge in [0, 0.05) is 17.6 Å². The second-order valence-electron chi connectivity index (χ2n) is 4.81. The molecule has 21 heavy (non-hydrogen) atoms. The molecule has 0 heterocycles. The molecule has 0 fully saturated rings. The molecule has 2 aromatic carbocycles. The Morgan fingerprint density at radius 3 is 2.29 bits per heavy atom. The van der Waals surface area contributed by atoms with Crippen molar-refractivity contribution in [2.75, 3.05) is 0 Å². The number of hydrogen-bond acceptors (Lipinski definition) is 1. The predicted octanol–water partition coefficient (Wildman–Crippen LogP) is 5.21. The first kappa shape index (κ1) is 15.9. The van der Waals surface area contributed by atoms with Gasteiger partial charge in [-0.05, 0) is 36.2 Å². The molecule has 5 heteroatoms. The maximum atomic E-state index is 12.9. The second-order valence-corrected chi connectivity index (χ2v) is 5.25. The molecule has 0 unspecified atom stereocenters. The minimum Gasteiger partial charge on any atom is -0.306 e. The van der Waals surface area contributed by atoms with Crippen molar-refractivity contribution in [3.8, 4) is 0 Å². The molecule has 0 bridgehead atoms. The van der Waals surface area contributed by atoms with Gasteiger partial charge in [-0.3, -0.25) is 0 Å². The van der Waals surface area contributed by atoms with Gasteiger partial charge in [0.1, 0.15) is 0 Å². The fourth-order valence-electron chi connectivity index (χ4n) is 2.08. The first-order chi connectivity index (χ1) is 9.88. The van der Waals surface area contributed by atoms with Gasteiger partial charge in [0.2, 0.25) is 0 Å². The first-order valence-corrected chi connectivity index (χ1v) is 6.89. The molecule has 0 aromatic heterocycles. The van der Waals surface area contributed by atoms with E-state index in [0.29, 0.717) is 5.02 Å². The minimum atomic E-state index is -4.33. The third kappa shape index (κ3) is 4.22. The summed E-state index contributed by atoms with van der Waals surface area (Å²) < 4.78 is 38.7. The Morgan fingerprint density at radius 2 is 1.67 bits per heavy atom. The molecule has 0 aliphatic carbocycles. The summed E-state index contributed by atoms with van der Waals surface area (Å²) >= 11 is 5.81. The second kappa shape index (κ2) is 6.50. The van der Waals surface area contributed by atoms with Crippen LogP contribution in [-0.2, 0) is 12.7 Å². The molecule has 0 radical (unpaired) electrons. The Hall–Kier alpha value is -1.52. The van der Waals surface area contributed by atoms with Crippen molar-refractivity contribution in [1.82, 2.24) is 5.32 Å². The van der Waals surface area contributed by atoms with Gasteiger partial charge in [0.25, 0.3) is 0 Å². The van der Waals surface area contributed by atoms with E-state index in [2.05, 4.69) is 5.32 Å². The lowest BCUT2D eigenvalue weighted by molar-refractivity contribution is -0.138. The van der Waals surface area contributed by atoms with Crippen LogP contribution in [0.5, 0.6) is 0 Å². The van der Waals surface area contributed by atoms with Crippen LogP contribution in [0.15, 0.2) is 48.5 Å². The first-order valence-electron chi connectivity index (χ1n) is 6.52. The Bertz CT molecular complexity index is 593. The average Bonchev–Trinajstić information content (AvgIpc) is 2.45. The molecule has 1 atom stereocenters. The number of alkyl halides is 3. The van der Waals surface area contributed by atoms with Crippen molar-refractivity contribution < 1.29 is 13.2 Å². The van der Waals surface area contributed by atoms with Crippen LogP contribution in [-0.4, -0.2) is 0 Å². The van der Waals surface area contributed by atoms with E-state index in [1.54, 1.807) is 18.2 Å². The molecule has 2 rings (SSSR count). The number of hydrogen-bond donors (Lipinski definition) is 1. The van der Waals surface area contributed by atoms with Crippen LogP contribution in [0.1, 0.15) is 29.7 Å². The van der Waals surface area contributed by atoms with Gasteiger partial charge in [-0.25, -0.2) is 0 Å². The van der Waals surface area contributed by atoms with Crippen LogP contribution in [0.2, 0.25) is 5.02 Å². The van der Waals surface area contributed by atoms with Gasteiger partial charge in [-0.2, -0.15) is 13.2 Å². The zero-order valence-corrected chi connectivity index (χ0v) is 12.2. The standard InChI is InChI=1S/C16H15ClF3N/c1-11(12-6-8-14(17)9-7-12)21-10-13-4-2-3-5-15(13)16(18,19)20/h2-9,11,21H,10H2,1H3/t11-/m1/s1. The maximum absolute atomic E-state index is 12.9. The normalized spacial score (nSPS) is 13.2. The van der Waals surface area contributed by atoms with E-state index in [1.165, 1.54) is 12.1 Å². The van der Waals surface area contributed by atoms with E-state index in [4.69, 9.17) is 11.6 Å². The molecule has 0 amide bonds. The predicted molar refractivity (Wildman–Crippen MR) is 78.2 cm³/mol. The highest BCUT2D eigenvalue weighted by Gasteiger charge is 2.32. The summed E-state index contributed by atoms with van der Waals surface area (Å²) in [5.41, 5.74) is 0.621. The fourth-order valence-corrected chi connectivity index (χ4v) is 2.21. The highest BCUT2D eigenvalue weighted by molar-refractivity contribution is 6.30. The van der Waals surface area contributed by atoms with Gasteiger partial charge >= 0.3 is 6.18 Å². The molecule has 0 saturated heterocycles. The van der Waals surface area contributed by atoms with Crippen molar-refractivity contribution in [2.45, 2.75) is 25.7 Å². The van der Waals surface area contributed by atoms with Crippen LogP contribution >= 0.6 is 11.6 Å². The van der Waals surface area contributed by atoms with Gasteiger partial charge in [0.15, 0.2) is 0 Å². The van der Waals surface area contributed by atoms with Crippen LogP contribution in [0.25, 0.3) is 0 Å². The third-order valence-electron chi connectivity index (χ3n) is 3.29. The Balaban J connectivity index is 2.08. The van der Waals surface area contributed by atoms with Crippen LogP contribution in [0, 0.1) is 0 Å². The summed E-state index contributed by atoms with van der Waals surface area (Å²) in [6.45, 7) is 2.05. The Kier molecular flexibility index (Phi) is 4.91. The molecule has 0 saturated carbocycles. The molecule has 112 valence electrons. The summed E-state index contributed by atoms with van der Waals surface area (Å²) in [6.07, 6.45) is -4.33. The van der Waals surface area contributed by atoms with Crippen LogP contribution < -0.4 is 5.32 Å². The highest BCUT2D eigenvalue weighted by atomic mass is 35.5. The van der Waals surface area contributed by atoms with Crippen LogP contribution in [0.4, 0.5) is 13.2 Å². The van der Waals surface area contributed by atoms with E-state index >= 15 is 0 Å². The van der Waals surface area contributed by atoms with Crippen molar-refractivity contribution >= 4 is 11.6 Å². The molecule has 0 spiro atoms. The molecule has 1 N–H and O–H groups in total. The van der Waals surface area contributed by atoms with Gasteiger partial charge in [0.05, 0.1) is 5.56 Å². The van der Waals surface area contributed by atoms with Gasteiger partial charge in [-0.15, -0.1) is 0 Å². The number of nitrogens with one attached hydrogen (secondary N) is 1. The lowest BCUT2D eigenvalue weighted by Gasteiger charge is -2.17. The SMILES string of the molecule is C[C@@H](NCc1ccccc1C(F)(F)F)c1ccc(Cl)cc1. The molecule has 2 aromatic rings. The largest absolute Gasteiger partial charge is 0.416 e.